The highest BCUT2D eigenvalue weighted by atomic mass is 16.7. The standard InChI is InChI=1S/C35H54O8/c1-19-9-14-35(30(40)41)16-15-33(5)21(26(35)20(19)2)7-8-24-31(3)12-11-25(43-29-28(39)27(38)22(37)17-42-29)32(4,18-36)23(31)10-13-34(24,33)6/h7,19,22-25,27-29,36-39H,8-18H2,1-6H3,(H,40,41)/t19-,22-,23+,24+,25-,27-,28+,29-,31-,32-,33+,34+,35-/m0/s1. The summed E-state index contributed by atoms with van der Waals surface area (Å²) in [6.07, 6.45) is 4.76. The largest absolute Gasteiger partial charge is 0.481 e. The Balaban J connectivity index is 1.35. The van der Waals surface area contributed by atoms with E-state index in [-0.39, 0.29) is 41.5 Å². The van der Waals surface area contributed by atoms with E-state index < -0.39 is 41.4 Å². The van der Waals surface area contributed by atoms with Crippen LogP contribution < -0.4 is 0 Å². The summed E-state index contributed by atoms with van der Waals surface area (Å²) < 4.78 is 12.0. The van der Waals surface area contributed by atoms with Gasteiger partial charge < -0.3 is 35.0 Å². The second-order valence-corrected chi connectivity index (χ2v) is 16.2. The summed E-state index contributed by atoms with van der Waals surface area (Å²) in [6, 6.07) is 0. The molecular weight excluding hydrogens is 548 g/mol. The van der Waals surface area contributed by atoms with E-state index in [0.29, 0.717) is 24.7 Å². The van der Waals surface area contributed by atoms with Gasteiger partial charge >= 0.3 is 5.97 Å². The Bertz CT molecular complexity index is 1210. The highest BCUT2D eigenvalue weighted by molar-refractivity contribution is 5.82. The van der Waals surface area contributed by atoms with Crippen LogP contribution in [0.2, 0.25) is 0 Å². The van der Waals surface area contributed by atoms with Crippen LogP contribution in [0.3, 0.4) is 0 Å². The number of allylic oxidation sites excluding steroid dienone is 3. The van der Waals surface area contributed by atoms with Gasteiger partial charge in [-0.05, 0) is 110 Å². The zero-order valence-electron chi connectivity index (χ0n) is 26.9. The fraction of sp³-hybridized carbons (Fsp3) is 0.857. The van der Waals surface area contributed by atoms with Gasteiger partial charge in [-0.2, -0.15) is 0 Å². The van der Waals surface area contributed by atoms with E-state index in [1.165, 1.54) is 11.1 Å². The van der Waals surface area contributed by atoms with Crippen LogP contribution >= 0.6 is 0 Å². The first-order chi connectivity index (χ1) is 20.1. The van der Waals surface area contributed by atoms with Crippen molar-refractivity contribution >= 4 is 5.97 Å². The van der Waals surface area contributed by atoms with Crippen LogP contribution in [0.4, 0.5) is 0 Å². The molecule has 6 rings (SSSR count). The maximum atomic E-state index is 12.9. The molecule has 0 amide bonds. The Morgan fingerprint density at radius 3 is 2.37 bits per heavy atom. The Morgan fingerprint density at radius 2 is 1.70 bits per heavy atom. The molecule has 43 heavy (non-hydrogen) atoms. The second-order valence-electron chi connectivity index (χ2n) is 16.2. The zero-order chi connectivity index (χ0) is 31.3. The van der Waals surface area contributed by atoms with Crippen molar-refractivity contribution in [3.63, 3.8) is 0 Å². The van der Waals surface area contributed by atoms with Gasteiger partial charge in [-0.1, -0.05) is 46.3 Å². The predicted octanol–water partition coefficient (Wildman–Crippen LogP) is 4.59. The average Bonchev–Trinajstić information content (AvgIpc) is 2.96. The van der Waals surface area contributed by atoms with Crippen LogP contribution in [-0.4, -0.2) is 75.4 Å². The van der Waals surface area contributed by atoms with Crippen molar-refractivity contribution in [1.29, 1.82) is 0 Å². The lowest BCUT2D eigenvalue weighted by molar-refractivity contribution is -0.312. The van der Waals surface area contributed by atoms with Gasteiger partial charge in [0, 0.05) is 5.41 Å². The van der Waals surface area contributed by atoms with Crippen molar-refractivity contribution in [1.82, 2.24) is 0 Å². The minimum atomic E-state index is -1.36. The Kier molecular flexibility index (Phi) is 7.63. The predicted molar refractivity (Wildman–Crippen MR) is 161 cm³/mol. The number of aliphatic hydroxyl groups is 4. The van der Waals surface area contributed by atoms with E-state index in [0.717, 1.165) is 50.5 Å². The lowest BCUT2D eigenvalue weighted by atomic mass is 9.34. The lowest BCUT2D eigenvalue weighted by Gasteiger charge is -2.70. The number of hydrogen-bond acceptors (Lipinski definition) is 7. The van der Waals surface area contributed by atoms with E-state index in [2.05, 4.69) is 47.6 Å². The van der Waals surface area contributed by atoms with Crippen LogP contribution in [0.5, 0.6) is 0 Å². The van der Waals surface area contributed by atoms with Gasteiger partial charge in [0.05, 0.1) is 24.7 Å². The number of aliphatic carboxylic acids is 1. The molecule has 5 N–H and O–H groups in total. The number of carbonyl (C=O) groups is 1. The molecule has 4 fully saturated rings. The van der Waals surface area contributed by atoms with E-state index in [1.54, 1.807) is 0 Å². The molecule has 8 nitrogen and oxygen atoms in total. The summed E-state index contributed by atoms with van der Waals surface area (Å²) >= 11 is 0. The third-order valence-electron chi connectivity index (χ3n) is 14.6. The number of ether oxygens (including phenoxy) is 2. The molecule has 3 saturated carbocycles. The van der Waals surface area contributed by atoms with Gasteiger partial charge in [-0.3, -0.25) is 4.79 Å². The van der Waals surface area contributed by atoms with Crippen LogP contribution in [0.15, 0.2) is 22.8 Å². The number of carboxylic acid groups (broad SMARTS) is 1. The van der Waals surface area contributed by atoms with Crippen LogP contribution in [0.1, 0.15) is 99.3 Å². The number of fused-ring (bicyclic) bond motifs is 7. The maximum absolute atomic E-state index is 12.9. The molecule has 0 aromatic heterocycles. The molecule has 0 aromatic rings. The molecule has 0 aromatic carbocycles. The number of aliphatic hydroxyl groups excluding tert-OH is 4. The monoisotopic (exact) mass is 602 g/mol. The fourth-order valence-electron chi connectivity index (χ4n) is 11.5. The van der Waals surface area contributed by atoms with E-state index in [1.807, 2.05) is 0 Å². The Hall–Kier alpha value is -1.29. The third-order valence-corrected chi connectivity index (χ3v) is 14.6. The number of hydrogen-bond donors (Lipinski definition) is 5. The molecule has 0 radical (unpaired) electrons. The van der Waals surface area contributed by atoms with Gasteiger partial charge in [0.25, 0.3) is 0 Å². The summed E-state index contributed by atoms with van der Waals surface area (Å²) in [5, 5.41) is 52.3. The number of rotatable bonds is 4. The van der Waals surface area contributed by atoms with Gasteiger partial charge in [0.2, 0.25) is 0 Å². The first-order valence-electron chi connectivity index (χ1n) is 16.7. The molecule has 1 heterocycles. The SMILES string of the molecule is CC1=C2C3=CC[C@@H]4[C@@]5(C)CC[C@H](O[C@@H]6OC[C@H](O)[C@H](O)[C@H]6O)[C@@](C)(CO)[C@@H]5CC[C@@]4(C)[C@]3(C)CC[C@@]2(C(=O)O)CC[C@@H]1C. The molecular formula is C35H54O8. The van der Waals surface area contributed by atoms with Gasteiger partial charge in [0.1, 0.15) is 18.3 Å². The number of carboxylic acids is 1. The van der Waals surface area contributed by atoms with Crippen molar-refractivity contribution < 1.29 is 39.8 Å². The molecule has 1 saturated heterocycles. The third kappa shape index (κ3) is 4.12. The molecule has 0 spiro atoms. The normalized spacial score (nSPS) is 53.2. The van der Waals surface area contributed by atoms with Gasteiger partial charge in [-0.15, -0.1) is 0 Å². The highest BCUT2D eigenvalue weighted by Gasteiger charge is 2.69. The quantitative estimate of drug-likeness (QED) is 0.295. The van der Waals surface area contributed by atoms with Crippen molar-refractivity contribution in [3.8, 4) is 0 Å². The van der Waals surface area contributed by atoms with Gasteiger partial charge in [0.15, 0.2) is 6.29 Å². The van der Waals surface area contributed by atoms with Crippen LogP contribution in [0, 0.1) is 44.8 Å². The molecule has 6 aliphatic rings. The zero-order valence-corrected chi connectivity index (χ0v) is 26.9. The van der Waals surface area contributed by atoms with E-state index in [4.69, 9.17) is 9.47 Å². The summed E-state index contributed by atoms with van der Waals surface area (Å²) in [7, 11) is 0. The highest BCUT2D eigenvalue weighted by Crippen LogP contribution is 2.75. The van der Waals surface area contributed by atoms with E-state index >= 15 is 0 Å². The fourth-order valence-corrected chi connectivity index (χ4v) is 11.5. The summed E-state index contributed by atoms with van der Waals surface area (Å²) in [6.45, 7) is 13.7. The smallest absolute Gasteiger partial charge is 0.314 e. The van der Waals surface area contributed by atoms with Crippen molar-refractivity contribution in [2.24, 2.45) is 44.8 Å². The first kappa shape index (κ1) is 31.7. The minimum absolute atomic E-state index is 0.0199. The average molecular weight is 603 g/mol. The van der Waals surface area contributed by atoms with Gasteiger partial charge in [-0.25, -0.2) is 0 Å². The summed E-state index contributed by atoms with van der Waals surface area (Å²) in [5.41, 5.74) is 2.14. The second kappa shape index (κ2) is 10.4. The van der Waals surface area contributed by atoms with Crippen LogP contribution in [-0.2, 0) is 14.3 Å². The Morgan fingerprint density at radius 1 is 0.977 bits per heavy atom. The first-order valence-corrected chi connectivity index (χ1v) is 16.7. The maximum Gasteiger partial charge on any atom is 0.314 e. The molecule has 1 aliphatic heterocycles. The molecule has 5 aliphatic carbocycles. The van der Waals surface area contributed by atoms with Crippen LogP contribution in [0.25, 0.3) is 0 Å². The summed E-state index contributed by atoms with van der Waals surface area (Å²) in [5.74, 6) is 0.271. The van der Waals surface area contributed by atoms with Crippen molar-refractivity contribution in [2.45, 2.75) is 130 Å². The van der Waals surface area contributed by atoms with Crippen molar-refractivity contribution in [3.05, 3.63) is 22.8 Å². The molecule has 8 heteroatoms. The molecule has 242 valence electrons. The lowest BCUT2D eigenvalue weighted by Crippen LogP contribution is -2.66. The molecule has 0 bridgehead atoms. The van der Waals surface area contributed by atoms with E-state index in [9.17, 15) is 30.3 Å². The van der Waals surface area contributed by atoms with Crippen molar-refractivity contribution in [2.75, 3.05) is 13.2 Å². The topological polar surface area (TPSA) is 137 Å². The Labute approximate surface area is 256 Å². The minimum Gasteiger partial charge on any atom is -0.481 e. The summed E-state index contributed by atoms with van der Waals surface area (Å²) in [4.78, 5) is 12.9. The molecule has 13 atom stereocenters. The molecule has 0 unspecified atom stereocenters.